The molecule has 3 aromatic heterocycles. The Labute approximate surface area is 245 Å². The Morgan fingerprint density at radius 2 is 1.95 bits per heavy atom. The zero-order valence-electron chi connectivity index (χ0n) is 22.3. The van der Waals surface area contributed by atoms with Crippen LogP contribution in [0.15, 0.2) is 52.5 Å². The summed E-state index contributed by atoms with van der Waals surface area (Å²) in [7, 11) is 0. The number of carbonyl (C=O) groups is 1. The fourth-order valence-electron chi connectivity index (χ4n) is 4.76. The lowest BCUT2D eigenvalue weighted by Gasteiger charge is -2.27. The number of pyridine rings is 2. The smallest absolute Gasteiger partial charge is 0.435 e. The van der Waals surface area contributed by atoms with Gasteiger partial charge in [-0.3, -0.25) is 9.69 Å². The van der Waals surface area contributed by atoms with E-state index in [1.54, 1.807) is 0 Å². The highest BCUT2D eigenvalue weighted by Gasteiger charge is 2.35. The summed E-state index contributed by atoms with van der Waals surface area (Å²) < 4.78 is 62.1. The van der Waals surface area contributed by atoms with Crippen LogP contribution in [-0.2, 0) is 17.5 Å². The molecule has 0 unspecified atom stereocenters. The van der Waals surface area contributed by atoms with E-state index in [1.807, 2.05) is 4.90 Å². The fraction of sp³-hybridized carbons (Fsp3) is 0.259. The largest absolute Gasteiger partial charge is 0.477 e. The van der Waals surface area contributed by atoms with Crippen LogP contribution < -0.4 is 16.6 Å². The molecule has 16 heteroatoms. The minimum absolute atomic E-state index is 0.00543. The van der Waals surface area contributed by atoms with Crippen molar-refractivity contribution in [3.8, 4) is 0 Å². The minimum Gasteiger partial charge on any atom is -0.477 e. The summed E-state index contributed by atoms with van der Waals surface area (Å²) in [4.78, 5) is 31.7. The number of nitrogens with one attached hydrogen (secondary N) is 1. The molecule has 0 atom stereocenters. The highest BCUT2D eigenvalue weighted by atomic mass is 35.5. The number of hydrogen-bond acceptors (Lipinski definition) is 8. The first-order valence-corrected chi connectivity index (χ1v) is 13.2. The molecule has 0 bridgehead atoms. The number of fused-ring (bicyclic) bond motifs is 3. The number of ether oxygens (including phenoxy) is 1. The summed E-state index contributed by atoms with van der Waals surface area (Å²) in [6.45, 7) is 6.06. The Kier molecular flexibility index (Phi) is 8.14. The van der Waals surface area contributed by atoms with Crippen LogP contribution in [0.25, 0.3) is 16.4 Å². The van der Waals surface area contributed by atoms with E-state index in [9.17, 15) is 32.3 Å². The summed E-state index contributed by atoms with van der Waals surface area (Å²) >= 11 is 5.81. The topological polar surface area (TPSA) is 139 Å². The zero-order chi connectivity index (χ0) is 31.1. The second-order valence-corrected chi connectivity index (χ2v) is 10.0. The monoisotopic (exact) mass is 621 g/mol. The number of carboxylic acids is 1. The lowest BCUT2D eigenvalue weighted by Crippen LogP contribution is -2.40. The van der Waals surface area contributed by atoms with E-state index in [1.165, 1.54) is 12.1 Å². The average Bonchev–Trinajstić information content (AvgIpc) is 3.41. The van der Waals surface area contributed by atoms with Crippen molar-refractivity contribution >= 4 is 51.7 Å². The molecule has 1 fully saturated rings. The predicted octanol–water partition coefficient (Wildman–Crippen LogP) is 4.08. The number of aromatic nitrogens is 3. The number of nitrogen functional groups attached to an aromatic ring is 1. The zero-order valence-corrected chi connectivity index (χ0v) is 23.0. The van der Waals surface area contributed by atoms with Crippen molar-refractivity contribution in [2.45, 2.75) is 12.7 Å². The molecule has 4 heterocycles. The van der Waals surface area contributed by atoms with Crippen molar-refractivity contribution in [2.75, 3.05) is 43.9 Å². The molecule has 1 aromatic carbocycles. The number of halogens is 5. The SMILES string of the molecule is C=C(N=Cc1c(N)n2nc(C(F)(F)F)cc2c2c1cc(C(=O)O)c(=O)n2CCN1CCOCC1)Nc1ccc(F)c(Cl)c1. The molecule has 11 nitrogen and oxygen atoms in total. The van der Waals surface area contributed by atoms with Gasteiger partial charge in [0.2, 0.25) is 0 Å². The number of hydrogen-bond donors (Lipinski definition) is 3. The number of carboxylic acid groups (broad SMARTS) is 1. The number of aromatic carboxylic acids is 1. The third kappa shape index (κ3) is 6.04. The van der Waals surface area contributed by atoms with Gasteiger partial charge in [-0.2, -0.15) is 18.3 Å². The average molecular weight is 622 g/mol. The van der Waals surface area contributed by atoms with Crippen LogP contribution in [0.2, 0.25) is 5.02 Å². The molecular formula is C27H24ClF4N7O4. The minimum atomic E-state index is -4.84. The molecule has 1 aliphatic rings. The molecule has 226 valence electrons. The maximum absolute atomic E-state index is 13.8. The Bertz CT molecular complexity index is 1850. The molecule has 1 aliphatic heterocycles. The first kappa shape index (κ1) is 30.0. The molecular weight excluding hydrogens is 598 g/mol. The predicted molar refractivity (Wildman–Crippen MR) is 152 cm³/mol. The van der Waals surface area contributed by atoms with Gasteiger partial charge in [0, 0.05) is 49.0 Å². The van der Waals surface area contributed by atoms with Crippen molar-refractivity contribution in [3.05, 3.63) is 80.7 Å². The number of nitrogens with two attached hydrogens (primary N) is 1. The fourth-order valence-corrected chi connectivity index (χ4v) is 4.94. The van der Waals surface area contributed by atoms with Gasteiger partial charge in [0.05, 0.1) is 29.3 Å². The molecule has 0 aliphatic carbocycles. The van der Waals surface area contributed by atoms with Gasteiger partial charge in [0.1, 0.15) is 23.0 Å². The summed E-state index contributed by atoms with van der Waals surface area (Å²) in [6.07, 6.45) is -3.68. The maximum Gasteiger partial charge on any atom is 0.435 e. The van der Waals surface area contributed by atoms with Gasteiger partial charge in [0.15, 0.2) is 5.69 Å². The van der Waals surface area contributed by atoms with Crippen LogP contribution in [0, 0.1) is 5.82 Å². The van der Waals surface area contributed by atoms with Gasteiger partial charge >= 0.3 is 12.1 Å². The normalized spacial score (nSPS) is 14.6. The lowest BCUT2D eigenvalue weighted by molar-refractivity contribution is -0.141. The molecule has 0 amide bonds. The molecule has 0 spiro atoms. The lowest BCUT2D eigenvalue weighted by atomic mass is 10.1. The van der Waals surface area contributed by atoms with Crippen molar-refractivity contribution in [1.29, 1.82) is 0 Å². The number of nitrogens with zero attached hydrogens (tertiary/aromatic N) is 5. The highest BCUT2D eigenvalue weighted by Crippen LogP contribution is 2.34. The number of aliphatic imine (C=N–C) groups is 1. The summed E-state index contributed by atoms with van der Waals surface area (Å²) in [5.74, 6) is -2.46. The van der Waals surface area contributed by atoms with Crippen molar-refractivity contribution in [3.63, 3.8) is 0 Å². The number of benzene rings is 1. The van der Waals surface area contributed by atoms with E-state index < -0.39 is 34.8 Å². The van der Waals surface area contributed by atoms with Gasteiger partial charge in [-0.25, -0.2) is 18.7 Å². The van der Waals surface area contributed by atoms with E-state index in [0.29, 0.717) is 38.5 Å². The van der Waals surface area contributed by atoms with Gasteiger partial charge in [-0.15, -0.1) is 0 Å². The van der Waals surface area contributed by atoms with E-state index in [2.05, 4.69) is 22.0 Å². The van der Waals surface area contributed by atoms with Crippen LogP contribution in [0.3, 0.4) is 0 Å². The van der Waals surface area contributed by atoms with Gasteiger partial charge < -0.3 is 25.5 Å². The second kappa shape index (κ2) is 11.7. The Balaban J connectivity index is 1.70. The summed E-state index contributed by atoms with van der Waals surface area (Å²) in [6, 6.07) is 5.61. The molecule has 4 aromatic rings. The van der Waals surface area contributed by atoms with Crippen molar-refractivity contribution in [1.82, 2.24) is 19.1 Å². The molecule has 4 N–H and O–H groups in total. The Morgan fingerprint density at radius 1 is 1.23 bits per heavy atom. The Morgan fingerprint density at radius 3 is 2.60 bits per heavy atom. The van der Waals surface area contributed by atoms with Gasteiger partial charge in [-0.05, 0) is 30.3 Å². The first-order chi connectivity index (χ1) is 20.3. The van der Waals surface area contributed by atoms with Crippen LogP contribution in [0.1, 0.15) is 21.6 Å². The number of alkyl halides is 3. The summed E-state index contributed by atoms with van der Waals surface area (Å²) in [5.41, 5.74) is 3.70. The van der Waals surface area contributed by atoms with Gasteiger partial charge in [0.25, 0.3) is 5.56 Å². The van der Waals surface area contributed by atoms with E-state index >= 15 is 0 Å². The molecule has 1 saturated heterocycles. The van der Waals surface area contributed by atoms with Crippen LogP contribution in [-0.4, -0.2) is 69.2 Å². The van der Waals surface area contributed by atoms with E-state index in [-0.39, 0.29) is 45.2 Å². The van der Waals surface area contributed by atoms with Crippen LogP contribution in [0.5, 0.6) is 0 Å². The van der Waals surface area contributed by atoms with Gasteiger partial charge in [-0.1, -0.05) is 18.2 Å². The number of anilines is 2. The molecule has 0 radical (unpaired) electrons. The summed E-state index contributed by atoms with van der Waals surface area (Å²) in [5, 5.41) is 16.2. The van der Waals surface area contributed by atoms with Crippen LogP contribution in [0.4, 0.5) is 29.1 Å². The third-order valence-electron chi connectivity index (χ3n) is 6.86. The molecule has 0 saturated carbocycles. The van der Waals surface area contributed by atoms with Crippen molar-refractivity contribution in [2.24, 2.45) is 4.99 Å². The third-order valence-corrected chi connectivity index (χ3v) is 7.15. The molecule has 43 heavy (non-hydrogen) atoms. The second-order valence-electron chi connectivity index (χ2n) is 9.62. The van der Waals surface area contributed by atoms with E-state index in [0.717, 1.165) is 33.5 Å². The maximum atomic E-state index is 13.8. The first-order valence-electron chi connectivity index (χ1n) is 12.8. The Hall–Kier alpha value is -4.47. The van der Waals surface area contributed by atoms with E-state index in [4.69, 9.17) is 22.1 Å². The van der Waals surface area contributed by atoms with Crippen molar-refractivity contribution < 1.29 is 32.2 Å². The number of morpholine rings is 1. The highest BCUT2D eigenvalue weighted by molar-refractivity contribution is 6.31. The van der Waals surface area contributed by atoms with Crippen LogP contribution >= 0.6 is 11.6 Å². The standard InChI is InChI=1S/C27H24ClF4N7O4/c1-14(35-15-2-3-20(29)19(28)10-15)34-13-18-16-11-17(26(41)42)25(40)38(5-4-37-6-8-43-9-7-37)23(16)21-12-22(27(30,31)32)36-39(21)24(18)33/h2-3,10-13,35H,1,4-9,33H2,(H,41,42). The number of rotatable bonds is 8. The quantitative estimate of drug-likeness (QED) is 0.198. The molecule has 5 rings (SSSR count).